The van der Waals surface area contributed by atoms with Crippen molar-refractivity contribution in [2.45, 2.75) is 32.0 Å². The van der Waals surface area contributed by atoms with Crippen molar-refractivity contribution >= 4 is 0 Å². The van der Waals surface area contributed by atoms with Gasteiger partial charge in [-0.25, -0.2) is 0 Å². The summed E-state index contributed by atoms with van der Waals surface area (Å²) in [5.74, 6) is 0.864. The second kappa shape index (κ2) is 5.41. The van der Waals surface area contributed by atoms with E-state index in [2.05, 4.69) is 29.2 Å². The summed E-state index contributed by atoms with van der Waals surface area (Å²) in [5.41, 5.74) is 4.83. The number of aliphatic hydroxyl groups is 1. The average molecular weight is 295 g/mol. The van der Waals surface area contributed by atoms with E-state index in [4.69, 9.17) is 4.74 Å². The molecule has 2 unspecified atom stereocenters. The lowest BCUT2D eigenvalue weighted by Crippen LogP contribution is -2.48. The van der Waals surface area contributed by atoms with E-state index in [0.29, 0.717) is 6.61 Å². The van der Waals surface area contributed by atoms with Crippen LogP contribution in [0.25, 0.3) is 0 Å². The van der Waals surface area contributed by atoms with E-state index < -0.39 is 6.10 Å². The van der Waals surface area contributed by atoms with Gasteiger partial charge in [0.05, 0.1) is 6.04 Å². The van der Waals surface area contributed by atoms with Gasteiger partial charge in [0.25, 0.3) is 0 Å². The third-order valence-electron chi connectivity index (χ3n) is 4.95. The zero-order valence-electron chi connectivity index (χ0n) is 12.8. The van der Waals surface area contributed by atoms with Crippen LogP contribution in [0.4, 0.5) is 0 Å². The summed E-state index contributed by atoms with van der Waals surface area (Å²) in [5, 5.41) is 10.8. The molecule has 0 aliphatic carbocycles. The number of aliphatic hydroxyl groups excluding tert-OH is 1. The molecule has 22 heavy (non-hydrogen) atoms. The van der Waals surface area contributed by atoms with Gasteiger partial charge in [0.2, 0.25) is 0 Å². The summed E-state index contributed by atoms with van der Waals surface area (Å²) in [6.45, 7) is 4.45. The van der Waals surface area contributed by atoms with E-state index in [1.807, 2.05) is 25.1 Å². The monoisotopic (exact) mass is 295 g/mol. The van der Waals surface area contributed by atoms with Gasteiger partial charge in [-0.15, -0.1) is 0 Å². The zero-order valence-corrected chi connectivity index (χ0v) is 12.8. The molecule has 0 radical (unpaired) electrons. The lowest BCUT2D eigenvalue weighted by Gasteiger charge is -2.41. The Labute approximate surface area is 131 Å². The molecular formula is C19H21NO2. The number of aryl methyl sites for hydroxylation is 1. The number of hydrogen-bond acceptors (Lipinski definition) is 3. The van der Waals surface area contributed by atoms with Crippen LogP contribution in [0.2, 0.25) is 0 Å². The molecule has 0 saturated heterocycles. The van der Waals surface area contributed by atoms with Crippen molar-refractivity contribution in [1.82, 2.24) is 4.90 Å². The number of ether oxygens (including phenoxy) is 1. The maximum atomic E-state index is 10.8. The first kappa shape index (κ1) is 13.8. The van der Waals surface area contributed by atoms with Crippen molar-refractivity contribution in [3.05, 3.63) is 64.7 Å². The van der Waals surface area contributed by atoms with Crippen molar-refractivity contribution in [1.29, 1.82) is 0 Å². The van der Waals surface area contributed by atoms with Crippen LogP contribution in [0, 0.1) is 6.92 Å². The predicted octanol–water partition coefficient (Wildman–Crippen LogP) is 2.85. The highest BCUT2D eigenvalue weighted by Gasteiger charge is 2.35. The zero-order chi connectivity index (χ0) is 15.1. The van der Waals surface area contributed by atoms with E-state index in [0.717, 1.165) is 36.4 Å². The molecule has 2 aromatic rings. The van der Waals surface area contributed by atoms with Crippen molar-refractivity contribution in [3.8, 4) is 5.75 Å². The van der Waals surface area contributed by atoms with Crippen LogP contribution in [0.3, 0.4) is 0 Å². The van der Waals surface area contributed by atoms with Gasteiger partial charge in [0.15, 0.2) is 0 Å². The number of para-hydroxylation sites is 1. The van der Waals surface area contributed by atoms with Crippen molar-refractivity contribution < 1.29 is 9.84 Å². The first-order valence-electron chi connectivity index (χ1n) is 7.95. The Balaban J connectivity index is 1.60. The normalized spacial score (nSPS) is 24.3. The minimum absolute atomic E-state index is 0.0302. The molecule has 0 amide bonds. The Bertz CT molecular complexity index is 698. The fourth-order valence-electron chi connectivity index (χ4n) is 3.68. The molecule has 0 bridgehead atoms. The van der Waals surface area contributed by atoms with Crippen LogP contribution in [0.1, 0.15) is 28.4 Å². The molecular weight excluding hydrogens is 274 g/mol. The summed E-state index contributed by atoms with van der Waals surface area (Å²) < 4.78 is 5.98. The first-order valence-corrected chi connectivity index (χ1v) is 7.95. The lowest BCUT2D eigenvalue weighted by molar-refractivity contribution is -0.00313. The average Bonchev–Trinajstić information content (AvgIpc) is 2.56. The number of nitrogens with zero attached hydrogens (tertiary/aromatic N) is 1. The minimum atomic E-state index is -0.478. The van der Waals surface area contributed by atoms with E-state index in [1.165, 1.54) is 11.1 Å². The topological polar surface area (TPSA) is 32.7 Å². The van der Waals surface area contributed by atoms with E-state index >= 15 is 0 Å². The predicted molar refractivity (Wildman–Crippen MR) is 86.0 cm³/mol. The SMILES string of the molecule is Cc1cccc2c1OCC(N1CCc3ccccc3C1)C2O. The maximum Gasteiger partial charge on any atom is 0.128 e. The molecule has 114 valence electrons. The molecule has 2 heterocycles. The Kier molecular flexibility index (Phi) is 3.40. The molecule has 0 spiro atoms. The van der Waals surface area contributed by atoms with Gasteiger partial charge in [-0.1, -0.05) is 42.5 Å². The van der Waals surface area contributed by atoms with Crippen LogP contribution in [-0.2, 0) is 13.0 Å². The molecule has 2 aromatic carbocycles. The molecule has 2 aliphatic heterocycles. The van der Waals surface area contributed by atoms with Gasteiger partial charge in [0.1, 0.15) is 18.5 Å². The molecule has 0 aromatic heterocycles. The number of rotatable bonds is 1. The van der Waals surface area contributed by atoms with Gasteiger partial charge in [-0.05, 0) is 30.0 Å². The fraction of sp³-hybridized carbons (Fsp3) is 0.368. The highest BCUT2D eigenvalue weighted by atomic mass is 16.5. The van der Waals surface area contributed by atoms with Crippen LogP contribution in [0.15, 0.2) is 42.5 Å². The summed E-state index contributed by atoms with van der Waals surface area (Å²) in [6.07, 6.45) is 0.564. The molecule has 2 aliphatic rings. The van der Waals surface area contributed by atoms with Gasteiger partial charge in [0, 0.05) is 18.7 Å². The maximum absolute atomic E-state index is 10.8. The second-order valence-corrected chi connectivity index (χ2v) is 6.31. The second-order valence-electron chi connectivity index (χ2n) is 6.31. The number of benzene rings is 2. The van der Waals surface area contributed by atoms with Gasteiger partial charge >= 0.3 is 0 Å². The Morgan fingerprint density at radius 2 is 1.91 bits per heavy atom. The van der Waals surface area contributed by atoms with E-state index in [9.17, 15) is 5.11 Å². The summed E-state index contributed by atoms with van der Waals surface area (Å²) in [7, 11) is 0. The Morgan fingerprint density at radius 1 is 1.09 bits per heavy atom. The Morgan fingerprint density at radius 3 is 2.77 bits per heavy atom. The van der Waals surface area contributed by atoms with E-state index in [-0.39, 0.29) is 6.04 Å². The van der Waals surface area contributed by atoms with Crippen LogP contribution in [-0.4, -0.2) is 29.2 Å². The molecule has 3 heteroatoms. The standard InChI is InChI=1S/C19H21NO2/c1-13-5-4-8-16-18(21)17(12-22-19(13)16)20-10-9-14-6-2-3-7-15(14)11-20/h2-8,17-18,21H,9-12H2,1H3. The van der Waals surface area contributed by atoms with Gasteiger partial charge < -0.3 is 9.84 Å². The third-order valence-corrected chi connectivity index (χ3v) is 4.95. The van der Waals surface area contributed by atoms with Crippen LogP contribution >= 0.6 is 0 Å². The van der Waals surface area contributed by atoms with Crippen molar-refractivity contribution in [2.24, 2.45) is 0 Å². The summed E-state index contributed by atoms with van der Waals surface area (Å²) >= 11 is 0. The van der Waals surface area contributed by atoms with Gasteiger partial charge in [-0.3, -0.25) is 4.90 Å². The molecule has 2 atom stereocenters. The highest BCUT2D eigenvalue weighted by Crippen LogP contribution is 2.37. The largest absolute Gasteiger partial charge is 0.491 e. The summed E-state index contributed by atoms with van der Waals surface area (Å²) in [4.78, 5) is 2.36. The fourth-order valence-corrected chi connectivity index (χ4v) is 3.68. The summed E-state index contributed by atoms with van der Waals surface area (Å²) in [6, 6.07) is 14.6. The van der Waals surface area contributed by atoms with Crippen LogP contribution in [0.5, 0.6) is 5.75 Å². The number of hydrogen-bond donors (Lipinski definition) is 1. The minimum Gasteiger partial charge on any atom is -0.491 e. The third kappa shape index (κ3) is 2.21. The molecule has 0 saturated carbocycles. The van der Waals surface area contributed by atoms with E-state index in [1.54, 1.807) is 0 Å². The number of fused-ring (bicyclic) bond motifs is 2. The quantitative estimate of drug-likeness (QED) is 0.878. The van der Waals surface area contributed by atoms with Gasteiger partial charge in [-0.2, -0.15) is 0 Å². The lowest BCUT2D eigenvalue weighted by atomic mass is 9.93. The Hall–Kier alpha value is -1.84. The molecule has 0 fully saturated rings. The molecule has 1 N–H and O–H groups in total. The van der Waals surface area contributed by atoms with Crippen molar-refractivity contribution in [3.63, 3.8) is 0 Å². The smallest absolute Gasteiger partial charge is 0.128 e. The highest BCUT2D eigenvalue weighted by molar-refractivity contribution is 5.44. The molecule has 4 rings (SSSR count). The molecule has 3 nitrogen and oxygen atoms in total. The van der Waals surface area contributed by atoms with Crippen LogP contribution < -0.4 is 4.74 Å². The van der Waals surface area contributed by atoms with Crippen molar-refractivity contribution in [2.75, 3.05) is 13.2 Å². The first-order chi connectivity index (χ1) is 10.7.